The Morgan fingerprint density at radius 1 is 1.56 bits per heavy atom. The van der Waals surface area contributed by atoms with Gasteiger partial charge >= 0.3 is 0 Å². The van der Waals surface area contributed by atoms with Gasteiger partial charge in [0, 0.05) is 0 Å². The molecule has 0 unspecified atom stereocenters. The van der Waals surface area contributed by atoms with Gasteiger partial charge in [0.25, 0.3) is 5.69 Å². The largest absolute Gasteiger partial charge is 0.493 e. The molecule has 2 N–H and O–H groups in total. The van der Waals surface area contributed by atoms with Crippen LogP contribution in [-0.4, -0.2) is 17.3 Å². The molecule has 0 aliphatic carbocycles. The fourth-order valence-corrected chi connectivity index (χ4v) is 1.29. The van der Waals surface area contributed by atoms with E-state index in [1.807, 2.05) is 0 Å². The van der Waals surface area contributed by atoms with E-state index in [4.69, 9.17) is 10.5 Å². The number of rotatable bonds is 4. The lowest BCUT2D eigenvalue weighted by Crippen LogP contribution is -2.04. The number of benzene rings is 1. The topological polar surface area (TPSA) is 95.5 Å². The van der Waals surface area contributed by atoms with Crippen molar-refractivity contribution in [2.24, 2.45) is 0 Å². The molecule has 0 saturated heterocycles. The Kier molecular flexibility index (Phi) is 3.44. The third-order valence-corrected chi connectivity index (χ3v) is 2.00. The van der Waals surface area contributed by atoms with Crippen LogP contribution in [0.4, 0.5) is 11.4 Å². The highest BCUT2D eigenvalue weighted by molar-refractivity contribution is 5.98. The van der Waals surface area contributed by atoms with Gasteiger partial charge in [-0.3, -0.25) is 14.9 Å². The molecule has 0 amide bonds. The molecular weight excluding hydrogens is 212 g/mol. The van der Waals surface area contributed by atoms with Gasteiger partial charge in [0.15, 0.2) is 5.78 Å². The van der Waals surface area contributed by atoms with Crippen molar-refractivity contribution in [2.45, 2.75) is 13.8 Å². The highest BCUT2D eigenvalue weighted by Gasteiger charge is 2.18. The predicted molar refractivity (Wildman–Crippen MR) is 58.7 cm³/mol. The van der Waals surface area contributed by atoms with E-state index in [0.717, 1.165) is 0 Å². The summed E-state index contributed by atoms with van der Waals surface area (Å²) >= 11 is 0. The molecule has 0 atom stereocenters. The summed E-state index contributed by atoms with van der Waals surface area (Å²) in [6.07, 6.45) is 0. The van der Waals surface area contributed by atoms with Crippen molar-refractivity contribution in [1.29, 1.82) is 0 Å². The maximum absolute atomic E-state index is 11.3. The third kappa shape index (κ3) is 2.28. The van der Waals surface area contributed by atoms with Crippen LogP contribution in [0.3, 0.4) is 0 Å². The number of ether oxygens (including phenoxy) is 1. The number of nitro benzene ring substituents is 1. The predicted octanol–water partition coefficient (Wildman–Crippen LogP) is 1.78. The highest BCUT2D eigenvalue weighted by atomic mass is 16.6. The highest BCUT2D eigenvalue weighted by Crippen LogP contribution is 2.31. The average Bonchev–Trinajstić information content (AvgIpc) is 2.19. The minimum Gasteiger partial charge on any atom is -0.493 e. The number of hydrogen-bond donors (Lipinski definition) is 1. The lowest BCUT2D eigenvalue weighted by atomic mass is 10.1. The molecule has 0 spiro atoms. The number of nitrogens with zero attached hydrogens (tertiary/aromatic N) is 1. The Morgan fingerprint density at radius 2 is 2.19 bits per heavy atom. The van der Waals surface area contributed by atoms with Gasteiger partial charge in [-0.1, -0.05) is 0 Å². The second-order valence-corrected chi connectivity index (χ2v) is 3.15. The van der Waals surface area contributed by atoms with Crippen molar-refractivity contribution in [3.8, 4) is 5.75 Å². The molecule has 0 heterocycles. The van der Waals surface area contributed by atoms with Crippen molar-refractivity contribution < 1.29 is 14.5 Å². The molecule has 0 fully saturated rings. The summed E-state index contributed by atoms with van der Waals surface area (Å²) in [6.45, 7) is 3.40. The molecule has 1 aromatic carbocycles. The van der Waals surface area contributed by atoms with Crippen molar-refractivity contribution in [1.82, 2.24) is 0 Å². The van der Waals surface area contributed by atoms with Gasteiger partial charge in [0.05, 0.1) is 23.2 Å². The zero-order valence-electron chi connectivity index (χ0n) is 9.02. The number of ketones is 1. The van der Waals surface area contributed by atoms with Crippen LogP contribution in [0.15, 0.2) is 12.1 Å². The van der Waals surface area contributed by atoms with Crippen LogP contribution in [0.25, 0.3) is 0 Å². The summed E-state index contributed by atoms with van der Waals surface area (Å²) in [5.74, 6) is -0.0547. The van der Waals surface area contributed by atoms with Gasteiger partial charge in [0.1, 0.15) is 11.4 Å². The summed E-state index contributed by atoms with van der Waals surface area (Å²) < 4.78 is 5.16. The van der Waals surface area contributed by atoms with Crippen molar-refractivity contribution >= 4 is 17.2 Å². The minimum atomic E-state index is -0.609. The Labute approximate surface area is 92.2 Å². The first kappa shape index (κ1) is 12.0. The maximum Gasteiger partial charge on any atom is 0.295 e. The standard InChI is InChI=1S/C10H12N2O4/c1-3-16-10-5-9(12(14)15)8(11)4-7(10)6(2)13/h4-5H,3,11H2,1-2H3. The van der Waals surface area contributed by atoms with Crippen LogP contribution in [0.5, 0.6) is 5.75 Å². The Morgan fingerprint density at radius 3 is 2.62 bits per heavy atom. The minimum absolute atomic E-state index is 0.0429. The molecule has 0 radical (unpaired) electrons. The molecule has 1 rings (SSSR count). The molecule has 0 aliphatic heterocycles. The first-order valence-electron chi connectivity index (χ1n) is 4.69. The van der Waals surface area contributed by atoms with E-state index in [9.17, 15) is 14.9 Å². The molecular formula is C10H12N2O4. The van der Waals surface area contributed by atoms with Crippen LogP contribution in [0, 0.1) is 10.1 Å². The second kappa shape index (κ2) is 4.61. The number of nitrogens with two attached hydrogens (primary N) is 1. The molecule has 0 bridgehead atoms. The number of carbonyl (C=O) groups is 1. The van der Waals surface area contributed by atoms with E-state index in [-0.39, 0.29) is 28.5 Å². The molecule has 86 valence electrons. The zero-order chi connectivity index (χ0) is 12.3. The van der Waals surface area contributed by atoms with E-state index in [1.165, 1.54) is 19.1 Å². The van der Waals surface area contributed by atoms with E-state index in [2.05, 4.69) is 0 Å². The SMILES string of the molecule is CCOc1cc([N+](=O)[O-])c(N)cc1C(C)=O. The lowest BCUT2D eigenvalue weighted by Gasteiger charge is -2.08. The smallest absolute Gasteiger partial charge is 0.295 e. The van der Waals surface area contributed by atoms with E-state index < -0.39 is 4.92 Å². The molecule has 0 saturated carbocycles. The third-order valence-electron chi connectivity index (χ3n) is 2.00. The molecule has 0 aliphatic rings. The number of anilines is 1. The second-order valence-electron chi connectivity index (χ2n) is 3.15. The number of Topliss-reactive ketones (excluding diaryl/α,β-unsaturated/α-hetero) is 1. The summed E-state index contributed by atoms with van der Waals surface area (Å²) in [4.78, 5) is 21.3. The van der Waals surface area contributed by atoms with Crippen molar-refractivity contribution in [3.05, 3.63) is 27.8 Å². The fourth-order valence-electron chi connectivity index (χ4n) is 1.29. The van der Waals surface area contributed by atoms with E-state index >= 15 is 0 Å². The van der Waals surface area contributed by atoms with Gasteiger partial charge in [-0.05, 0) is 19.9 Å². The summed E-state index contributed by atoms with van der Waals surface area (Å²) in [6, 6.07) is 2.45. The zero-order valence-corrected chi connectivity index (χ0v) is 9.02. The van der Waals surface area contributed by atoms with Gasteiger partial charge in [-0.15, -0.1) is 0 Å². The van der Waals surface area contributed by atoms with Gasteiger partial charge in [-0.25, -0.2) is 0 Å². The number of nitro groups is 1. The Balaban J connectivity index is 3.36. The normalized spacial score (nSPS) is 9.88. The van der Waals surface area contributed by atoms with Gasteiger partial charge in [-0.2, -0.15) is 0 Å². The number of hydrogen-bond acceptors (Lipinski definition) is 5. The molecule has 16 heavy (non-hydrogen) atoms. The van der Waals surface area contributed by atoms with Gasteiger partial charge in [0.2, 0.25) is 0 Å². The average molecular weight is 224 g/mol. The fraction of sp³-hybridized carbons (Fsp3) is 0.300. The first-order chi connectivity index (χ1) is 7.47. The Hall–Kier alpha value is -2.11. The van der Waals surface area contributed by atoms with E-state index in [0.29, 0.717) is 6.61 Å². The number of carbonyl (C=O) groups excluding carboxylic acids is 1. The van der Waals surface area contributed by atoms with E-state index in [1.54, 1.807) is 6.92 Å². The van der Waals surface area contributed by atoms with Crippen LogP contribution >= 0.6 is 0 Å². The van der Waals surface area contributed by atoms with Gasteiger partial charge < -0.3 is 10.5 Å². The summed E-state index contributed by atoms with van der Waals surface area (Å²) in [5, 5.41) is 10.6. The number of nitrogen functional groups attached to an aromatic ring is 1. The molecule has 0 aromatic heterocycles. The lowest BCUT2D eigenvalue weighted by molar-refractivity contribution is -0.384. The Bertz CT molecular complexity index is 443. The summed E-state index contributed by atoms with van der Waals surface area (Å²) in [7, 11) is 0. The van der Waals surface area contributed by atoms with Crippen LogP contribution < -0.4 is 10.5 Å². The van der Waals surface area contributed by atoms with Crippen molar-refractivity contribution in [2.75, 3.05) is 12.3 Å². The van der Waals surface area contributed by atoms with Crippen molar-refractivity contribution in [3.63, 3.8) is 0 Å². The monoisotopic (exact) mass is 224 g/mol. The maximum atomic E-state index is 11.3. The first-order valence-corrected chi connectivity index (χ1v) is 4.69. The van der Waals surface area contributed by atoms with Crippen LogP contribution in [0.2, 0.25) is 0 Å². The van der Waals surface area contributed by atoms with Crippen LogP contribution in [-0.2, 0) is 0 Å². The quantitative estimate of drug-likeness (QED) is 0.364. The van der Waals surface area contributed by atoms with Crippen LogP contribution in [0.1, 0.15) is 24.2 Å². The molecule has 6 nitrogen and oxygen atoms in total. The molecule has 6 heteroatoms. The summed E-state index contributed by atoms with van der Waals surface area (Å²) in [5.41, 5.74) is 5.43. The molecule has 1 aromatic rings.